The lowest BCUT2D eigenvalue weighted by Gasteiger charge is -2.06. The lowest BCUT2D eigenvalue weighted by Crippen LogP contribution is -2.24. The van der Waals surface area contributed by atoms with Crippen LogP contribution in [0.4, 0.5) is 13.2 Å². The number of hydrogen-bond acceptors (Lipinski definition) is 4. The second kappa shape index (κ2) is 5.49. The van der Waals surface area contributed by atoms with Gasteiger partial charge in [-0.15, -0.1) is 0 Å². The van der Waals surface area contributed by atoms with E-state index in [9.17, 15) is 21.6 Å². The fraction of sp³-hybridized carbons (Fsp3) is 0.250. The standard InChI is InChI=1S/C12H11F3N2O3S/c1-6-7(2)20-12(17-6)5-16-21(18,19)11-4-9(14)8(13)3-10(11)15/h3-4,16H,5H2,1-2H3. The number of hydrogen-bond donors (Lipinski definition) is 1. The molecule has 0 aliphatic heterocycles. The molecule has 0 atom stereocenters. The highest BCUT2D eigenvalue weighted by Crippen LogP contribution is 2.19. The smallest absolute Gasteiger partial charge is 0.244 e. The SMILES string of the molecule is Cc1nc(CNS(=O)(=O)c2cc(F)c(F)cc2F)oc1C. The Morgan fingerprint density at radius 1 is 1.14 bits per heavy atom. The van der Waals surface area contributed by atoms with Crippen LogP contribution in [-0.2, 0) is 16.6 Å². The summed E-state index contributed by atoms with van der Waals surface area (Å²) in [6.45, 7) is 2.98. The van der Waals surface area contributed by atoms with Crippen LogP contribution < -0.4 is 4.72 Å². The molecule has 21 heavy (non-hydrogen) atoms. The minimum atomic E-state index is -4.36. The van der Waals surface area contributed by atoms with Crippen LogP contribution in [0.25, 0.3) is 0 Å². The Labute approximate surface area is 118 Å². The molecule has 0 spiro atoms. The predicted molar refractivity (Wildman–Crippen MR) is 66.3 cm³/mol. The average Bonchev–Trinajstić information content (AvgIpc) is 2.71. The summed E-state index contributed by atoms with van der Waals surface area (Å²) in [5, 5.41) is 0. The molecule has 1 N–H and O–H groups in total. The van der Waals surface area contributed by atoms with Gasteiger partial charge in [-0.1, -0.05) is 0 Å². The van der Waals surface area contributed by atoms with Gasteiger partial charge in [0.25, 0.3) is 0 Å². The highest BCUT2D eigenvalue weighted by atomic mass is 32.2. The molecule has 0 saturated carbocycles. The maximum Gasteiger partial charge on any atom is 0.244 e. The van der Waals surface area contributed by atoms with Gasteiger partial charge in [0.15, 0.2) is 11.6 Å². The van der Waals surface area contributed by atoms with E-state index in [1.54, 1.807) is 13.8 Å². The first-order chi connectivity index (χ1) is 9.70. The molecule has 2 aromatic rings. The minimum absolute atomic E-state index is 0.0802. The van der Waals surface area contributed by atoms with Crippen molar-refractivity contribution in [3.05, 3.63) is 46.9 Å². The number of benzene rings is 1. The molecule has 1 heterocycles. The Morgan fingerprint density at radius 3 is 2.33 bits per heavy atom. The highest BCUT2D eigenvalue weighted by Gasteiger charge is 2.22. The first-order valence-electron chi connectivity index (χ1n) is 5.78. The summed E-state index contributed by atoms with van der Waals surface area (Å²) in [7, 11) is -4.36. The maximum atomic E-state index is 13.5. The lowest BCUT2D eigenvalue weighted by atomic mass is 10.3. The molecule has 0 bridgehead atoms. The number of rotatable bonds is 4. The molecule has 0 aliphatic carbocycles. The minimum Gasteiger partial charge on any atom is -0.444 e. The monoisotopic (exact) mass is 320 g/mol. The number of sulfonamides is 1. The van der Waals surface area contributed by atoms with Crippen LogP contribution in [0.1, 0.15) is 17.3 Å². The van der Waals surface area contributed by atoms with Crippen LogP contribution >= 0.6 is 0 Å². The Hall–Kier alpha value is -1.87. The molecular weight excluding hydrogens is 309 g/mol. The first kappa shape index (κ1) is 15.5. The van der Waals surface area contributed by atoms with E-state index in [-0.39, 0.29) is 24.6 Å². The van der Waals surface area contributed by atoms with Crippen LogP contribution in [0.3, 0.4) is 0 Å². The summed E-state index contributed by atoms with van der Waals surface area (Å²) in [5.74, 6) is -3.72. The number of aryl methyl sites for hydroxylation is 2. The van der Waals surface area contributed by atoms with Crippen LogP contribution in [0, 0.1) is 31.3 Å². The van der Waals surface area contributed by atoms with E-state index in [0.29, 0.717) is 11.5 Å². The second-order valence-corrected chi connectivity index (χ2v) is 6.01. The third-order valence-corrected chi connectivity index (χ3v) is 4.17. The Kier molecular flexibility index (Phi) is 4.06. The normalized spacial score (nSPS) is 11.9. The third kappa shape index (κ3) is 3.24. The molecule has 0 saturated heterocycles. The summed E-state index contributed by atoms with van der Waals surface area (Å²) in [6.07, 6.45) is 0. The summed E-state index contributed by atoms with van der Waals surface area (Å²) >= 11 is 0. The predicted octanol–water partition coefficient (Wildman–Crippen LogP) is 2.19. The molecular formula is C12H11F3N2O3S. The van der Waals surface area contributed by atoms with Crippen LogP contribution in [0.2, 0.25) is 0 Å². The number of nitrogens with zero attached hydrogens (tertiary/aromatic N) is 1. The van der Waals surface area contributed by atoms with Gasteiger partial charge < -0.3 is 4.42 Å². The van der Waals surface area contributed by atoms with E-state index in [1.165, 1.54) is 0 Å². The van der Waals surface area contributed by atoms with Crippen molar-refractivity contribution in [3.8, 4) is 0 Å². The number of nitrogens with one attached hydrogen (secondary N) is 1. The molecule has 114 valence electrons. The van der Waals surface area contributed by atoms with Crippen LogP contribution in [-0.4, -0.2) is 13.4 Å². The average molecular weight is 320 g/mol. The quantitative estimate of drug-likeness (QED) is 0.877. The first-order valence-corrected chi connectivity index (χ1v) is 7.26. The molecule has 0 unspecified atom stereocenters. The van der Waals surface area contributed by atoms with Crippen molar-refractivity contribution in [2.24, 2.45) is 0 Å². The van der Waals surface area contributed by atoms with E-state index in [0.717, 1.165) is 0 Å². The van der Waals surface area contributed by atoms with Crippen molar-refractivity contribution in [1.82, 2.24) is 9.71 Å². The van der Waals surface area contributed by atoms with Gasteiger partial charge >= 0.3 is 0 Å². The van der Waals surface area contributed by atoms with Gasteiger partial charge in [-0.25, -0.2) is 31.3 Å². The van der Waals surface area contributed by atoms with E-state index in [1.807, 2.05) is 4.72 Å². The van der Waals surface area contributed by atoms with Gasteiger partial charge in [0.05, 0.1) is 12.2 Å². The van der Waals surface area contributed by atoms with Crippen molar-refractivity contribution >= 4 is 10.0 Å². The zero-order valence-corrected chi connectivity index (χ0v) is 11.9. The van der Waals surface area contributed by atoms with Gasteiger partial charge in [-0.3, -0.25) is 0 Å². The molecule has 1 aromatic heterocycles. The zero-order valence-electron chi connectivity index (χ0n) is 11.1. The van der Waals surface area contributed by atoms with Crippen LogP contribution in [0.15, 0.2) is 21.4 Å². The largest absolute Gasteiger partial charge is 0.444 e. The molecule has 2 rings (SSSR count). The summed E-state index contributed by atoms with van der Waals surface area (Å²) in [6, 6.07) is 0.447. The van der Waals surface area contributed by atoms with E-state index in [2.05, 4.69) is 4.98 Å². The van der Waals surface area contributed by atoms with Crippen molar-refractivity contribution in [2.75, 3.05) is 0 Å². The lowest BCUT2D eigenvalue weighted by molar-refractivity contribution is 0.460. The number of aromatic nitrogens is 1. The zero-order chi connectivity index (χ0) is 15.8. The summed E-state index contributed by atoms with van der Waals surface area (Å²) in [5.41, 5.74) is 0.586. The molecule has 5 nitrogen and oxygen atoms in total. The van der Waals surface area contributed by atoms with Gasteiger partial charge in [-0.05, 0) is 19.9 Å². The Balaban J connectivity index is 2.24. The molecule has 0 amide bonds. The van der Waals surface area contributed by atoms with Crippen molar-refractivity contribution in [1.29, 1.82) is 0 Å². The molecule has 1 aromatic carbocycles. The Bertz CT molecular complexity index is 768. The third-order valence-electron chi connectivity index (χ3n) is 2.75. The number of oxazole rings is 1. The van der Waals surface area contributed by atoms with E-state index >= 15 is 0 Å². The maximum absolute atomic E-state index is 13.5. The van der Waals surface area contributed by atoms with E-state index < -0.39 is 32.4 Å². The molecule has 0 fully saturated rings. The van der Waals surface area contributed by atoms with Crippen molar-refractivity contribution in [3.63, 3.8) is 0 Å². The van der Waals surface area contributed by atoms with Crippen molar-refractivity contribution < 1.29 is 26.0 Å². The van der Waals surface area contributed by atoms with E-state index in [4.69, 9.17) is 4.42 Å². The fourth-order valence-electron chi connectivity index (χ4n) is 1.56. The highest BCUT2D eigenvalue weighted by molar-refractivity contribution is 7.89. The van der Waals surface area contributed by atoms with Gasteiger partial charge in [-0.2, -0.15) is 0 Å². The summed E-state index contributed by atoms with van der Waals surface area (Å²) in [4.78, 5) is 2.95. The Morgan fingerprint density at radius 2 is 1.76 bits per heavy atom. The molecule has 0 radical (unpaired) electrons. The number of halogens is 3. The van der Waals surface area contributed by atoms with Gasteiger partial charge in [0.2, 0.25) is 15.9 Å². The van der Waals surface area contributed by atoms with Crippen molar-refractivity contribution in [2.45, 2.75) is 25.3 Å². The van der Waals surface area contributed by atoms with Gasteiger partial charge in [0.1, 0.15) is 16.5 Å². The molecule has 0 aliphatic rings. The van der Waals surface area contributed by atoms with Crippen LogP contribution in [0.5, 0.6) is 0 Å². The topological polar surface area (TPSA) is 72.2 Å². The summed E-state index contributed by atoms with van der Waals surface area (Å²) < 4.78 is 70.2. The second-order valence-electron chi connectivity index (χ2n) is 4.27. The van der Waals surface area contributed by atoms with Gasteiger partial charge in [0, 0.05) is 6.07 Å². The molecule has 9 heteroatoms. The fourth-order valence-corrected chi connectivity index (χ4v) is 2.60.